The predicted molar refractivity (Wildman–Crippen MR) is 44.7 cm³/mol. The highest BCUT2D eigenvalue weighted by molar-refractivity contribution is 5.75. The van der Waals surface area contributed by atoms with E-state index in [4.69, 9.17) is 10.2 Å². The minimum Gasteiger partial charge on any atom is -0.481 e. The largest absolute Gasteiger partial charge is 0.481 e. The average Bonchev–Trinajstić information content (AvgIpc) is 2.32. The average molecular weight is 172 g/mol. The molecule has 1 aliphatic rings. The van der Waals surface area contributed by atoms with Gasteiger partial charge in [-0.1, -0.05) is 13.8 Å². The van der Waals surface area contributed by atoms with Crippen molar-refractivity contribution >= 4 is 5.97 Å². The van der Waals surface area contributed by atoms with Crippen molar-refractivity contribution in [1.29, 1.82) is 0 Å². The highest BCUT2D eigenvalue weighted by Gasteiger charge is 2.61. The third-order valence-corrected chi connectivity index (χ3v) is 2.91. The van der Waals surface area contributed by atoms with E-state index >= 15 is 0 Å². The fourth-order valence-corrected chi connectivity index (χ4v) is 2.04. The van der Waals surface area contributed by atoms with Gasteiger partial charge in [-0.05, 0) is 24.7 Å². The molecule has 1 fully saturated rings. The zero-order valence-corrected chi connectivity index (χ0v) is 7.74. The number of rotatable bonds is 3. The van der Waals surface area contributed by atoms with Gasteiger partial charge in [0.25, 0.3) is 0 Å². The minimum atomic E-state index is -0.731. The van der Waals surface area contributed by atoms with E-state index in [-0.39, 0.29) is 17.3 Å². The van der Waals surface area contributed by atoms with Crippen molar-refractivity contribution in [2.45, 2.75) is 33.3 Å². The molecule has 3 heteroatoms. The highest BCUT2D eigenvalue weighted by atomic mass is 16.4. The Morgan fingerprint density at radius 1 is 1.58 bits per heavy atom. The van der Waals surface area contributed by atoms with Crippen LogP contribution in [0.15, 0.2) is 0 Å². The van der Waals surface area contributed by atoms with Crippen molar-refractivity contribution in [3.05, 3.63) is 0 Å². The molecule has 70 valence electrons. The number of aliphatic hydroxyl groups is 1. The molecule has 0 saturated heterocycles. The summed E-state index contributed by atoms with van der Waals surface area (Å²) in [5, 5.41) is 17.9. The first kappa shape index (κ1) is 9.52. The van der Waals surface area contributed by atoms with Gasteiger partial charge in [0.2, 0.25) is 0 Å². The number of hydrogen-bond acceptors (Lipinski definition) is 2. The second kappa shape index (κ2) is 2.73. The van der Waals surface area contributed by atoms with Crippen molar-refractivity contribution in [3.63, 3.8) is 0 Å². The standard InChI is InChI=1S/C9H16O3/c1-5(10)4-6-7(8(11)12)9(6,2)3/h5-7,10H,4H2,1-3H3,(H,11,12)/t5-,6-,7-/m0/s1. The van der Waals surface area contributed by atoms with E-state index in [2.05, 4.69) is 0 Å². The lowest BCUT2D eigenvalue weighted by Gasteiger charge is -2.03. The molecule has 0 aromatic carbocycles. The summed E-state index contributed by atoms with van der Waals surface area (Å²) in [6.07, 6.45) is 0.211. The number of hydrogen-bond donors (Lipinski definition) is 2. The van der Waals surface area contributed by atoms with Gasteiger partial charge in [0.05, 0.1) is 12.0 Å². The van der Waals surface area contributed by atoms with E-state index in [1.54, 1.807) is 6.92 Å². The molecule has 3 atom stereocenters. The summed E-state index contributed by atoms with van der Waals surface area (Å²) in [6.45, 7) is 5.59. The lowest BCUT2D eigenvalue weighted by Crippen LogP contribution is -2.05. The normalized spacial score (nSPS) is 34.3. The molecule has 0 heterocycles. The van der Waals surface area contributed by atoms with Crippen LogP contribution in [-0.2, 0) is 4.79 Å². The zero-order chi connectivity index (χ0) is 9.52. The molecular weight excluding hydrogens is 156 g/mol. The molecule has 0 spiro atoms. The van der Waals surface area contributed by atoms with Crippen LogP contribution in [0.25, 0.3) is 0 Å². The van der Waals surface area contributed by atoms with E-state index in [1.807, 2.05) is 13.8 Å². The number of aliphatic carboxylic acids is 1. The third kappa shape index (κ3) is 1.46. The van der Waals surface area contributed by atoms with Crippen molar-refractivity contribution in [2.24, 2.45) is 17.3 Å². The topological polar surface area (TPSA) is 57.5 Å². The second-order valence-corrected chi connectivity index (χ2v) is 4.33. The van der Waals surface area contributed by atoms with Crippen molar-refractivity contribution in [2.75, 3.05) is 0 Å². The molecule has 0 unspecified atom stereocenters. The summed E-state index contributed by atoms with van der Waals surface area (Å²) in [5.74, 6) is -0.840. The molecular formula is C9H16O3. The minimum absolute atomic E-state index is 0.122. The molecule has 2 N–H and O–H groups in total. The molecule has 1 aliphatic carbocycles. The van der Waals surface area contributed by atoms with Gasteiger partial charge in [0, 0.05) is 0 Å². The van der Waals surface area contributed by atoms with Crippen LogP contribution in [0, 0.1) is 17.3 Å². The maximum absolute atomic E-state index is 10.7. The molecule has 0 bridgehead atoms. The van der Waals surface area contributed by atoms with Gasteiger partial charge < -0.3 is 10.2 Å². The summed E-state index contributed by atoms with van der Waals surface area (Å²) in [4.78, 5) is 10.7. The van der Waals surface area contributed by atoms with Crippen LogP contribution in [0.5, 0.6) is 0 Å². The van der Waals surface area contributed by atoms with Crippen LogP contribution in [0.1, 0.15) is 27.2 Å². The van der Waals surface area contributed by atoms with Gasteiger partial charge in [-0.15, -0.1) is 0 Å². The zero-order valence-electron chi connectivity index (χ0n) is 7.74. The van der Waals surface area contributed by atoms with Gasteiger partial charge in [-0.25, -0.2) is 0 Å². The van der Waals surface area contributed by atoms with Crippen LogP contribution in [0.4, 0.5) is 0 Å². The summed E-state index contributed by atoms with van der Waals surface area (Å²) >= 11 is 0. The SMILES string of the molecule is C[C@H](O)C[C@H]1[C@@H](C(=O)O)C1(C)C. The molecule has 0 aromatic heterocycles. The van der Waals surface area contributed by atoms with Gasteiger partial charge in [0.1, 0.15) is 0 Å². The molecule has 1 saturated carbocycles. The molecule has 1 rings (SSSR count). The molecule has 0 aliphatic heterocycles. The number of carbonyl (C=O) groups is 1. The Hall–Kier alpha value is -0.570. The van der Waals surface area contributed by atoms with E-state index in [9.17, 15) is 4.79 Å². The molecule has 0 radical (unpaired) electrons. The monoisotopic (exact) mass is 172 g/mol. The first-order valence-corrected chi connectivity index (χ1v) is 4.28. The Balaban J connectivity index is 2.54. The van der Waals surface area contributed by atoms with Crippen molar-refractivity contribution < 1.29 is 15.0 Å². The number of carboxylic acids is 1. The third-order valence-electron chi connectivity index (χ3n) is 2.91. The fourth-order valence-electron chi connectivity index (χ4n) is 2.04. The molecule has 0 aromatic rings. The van der Waals surface area contributed by atoms with Crippen LogP contribution in [0.3, 0.4) is 0 Å². The van der Waals surface area contributed by atoms with Gasteiger partial charge in [-0.3, -0.25) is 4.79 Å². The van der Waals surface area contributed by atoms with E-state index in [1.165, 1.54) is 0 Å². The van der Waals surface area contributed by atoms with Crippen molar-refractivity contribution in [3.8, 4) is 0 Å². The highest BCUT2D eigenvalue weighted by Crippen LogP contribution is 2.60. The smallest absolute Gasteiger partial charge is 0.307 e. The summed E-state index contributed by atoms with van der Waals surface area (Å²) in [6, 6.07) is 0. The summed E-state index contributed by atoms with van der Waals surface area (Å²) < 4.78 is 0. The Morgan fingerprint density at radius 3 is 2.33 bits per heavy atom. The fraction of sp³-hybridized carbons (Fsp3) is 0.889. The first-order chi connectivity index (χ1) is 5.37. The lowest BCUT2D eigenvalue weighted by molar-refractivity contribution is -0.139. The summed E-state index contributed by atoms with van der Waals surface area (Å²) in [7, 11) is 0. The first-order valence-electron chi connectivity index (χ1n) is 4.28. The van der Waals surface area contributed by atoms with Crippen LogP contribution in [-0.4, -0.2) is 22.3 Å². The second-order valence-electron chi connectivity index (χ2n) is 4.33. The predicted octanol–water partition coefficient (Wildman–Crippen LogP) is 1.11. The van der Waals surface area contributed by atoms with Crippen LogP contribution < -0.4 is 0 Å². The van der Waals surface area contributed by atoms with Crippen molar-refractivity contribution in [1.82, 2.24) is 0 Å². The van der Waals surface area contributed by atoms with E-state index in [0.29, 0.717) is 6.42 Å². The Labute approximate surface area is 72.4 Å². The van der Waals surface area contributed by atoms with E-state index < -0.39 is 12.1 Å². The van der Waals surface area contributed by atoms with Gasteiger partial charge >= 0.3 is 5.97 Å². The number of carboxylic acid groups (broad SMARTS) is 1. The van der Waals surface area contributed by atoms with Crippen LogP contribution >= 0.6 is 0 Å². The maximum atomic E-state index is 10.7. The lowest BCUT2D eigenvalue weighted by atomic mass is 10.1. The van der Waals surface area contributed by atoms with Gasteiger partial charge in [0.15, 0.2) is 0 Å². The van der Waals surface area contributed by atoms with Crippen LogP contribution in [0.2, 0.25) is 0 Å². The summed E-state index contributed by atoms with van der Waals surface area (Å²) in [5.41, 5.74) is -0.122. The Kier molecular flexibility index (Phi) is 2.17. The molecule has 12 heavy (non-hydrogen) atoms. The maximum Gasteiger partial charge on any atom is 0.307 e. The quantitative estimate of drug-likeness (QED) is 0.670. The number of aliphatic hydroxyl groups excluding tert-OH is 1. The Morgan fingerprint density at radius 2 is 2.08 bits per heavy atom. The Bertz CT molecular complexity index is 196. The molecule has 0 amide bonds. The van der Waals surface area contributed by atoms with Gasteiger partial charge in [-0.2, -0.15) is 0 Å². The van der Waals surface area contributed by atoms with E-state index in [0.717, 1.165) is 0 Å². The molecule has 3 nitrogen and oxygen atoms in total.